The third-order valence-corrected chi connectivity index (χ3v) is 5.71. The van der Waals surface area contributed by atoms with E-state index in [1.165, 1.54) is 11.1 Å². The van der Waals surface area contributed by atoms with Gasteiger partial charge in [0.1, 0.15) is 5.82 Å². The highest BCUT2D eigenvalue weighted by Gasteiger charge is 2.28. The molecule has 0 amide bonds. The van der Waals surface area contributed by atoms with Gasteiger partial charge >= 0.3 is 0 Å². The summed E-state index contributed by atoms with van der Waals surface area (Å²) in [5.74, 6) is 1.56. The average Bonchev–Trinajstić information content (AvgIpc) is 2.86. The molecule has 1 unspecified atom stereocenters. The predicted octanol–water partition coefficient (Wildman–Crippen LogP) is 2.00. The van der Waals surface area contributed by atoms with Gasteiger partial charge in [-0.05, 0) is 30.5 Å². The highest BCUT2D eigenvalue weighted by molar-refractivity contribution is 7.91. The Morgan fingerprint density at radius 2 is 2.09 bits per heavy atom. The summed E-state index contributed by atoms with van der Waals surface area (Å²) in [5.41, 5.74) is 2.44. The molecule has 3 rings (SSSR count). The molecule has 1 aromatic heterocycles. The van der Waals surface area contributed by atoms with E-state index in [1.54, 1.807) is 12.3 Å². The van der Waals surface area contributed by atoms with Crippen LogP contribution in [0.25, 0.3) is 0 Å². The molecule has 0 spiro atoms. The minimum absolute atomic E-state index is 0.105. The second-order valence-electron chi connectivity index (χ2n) is 5.79. The maximum Gasteiger partial charge on any atom is 0.224 e. The van der Waals surface area contributed by atoms with Gasteiger partial charge < -0.3 is 10.6 Å². The molecule has 6 nitrogen and oxygen atoms in total. The van der Waals surface area contributed by atoms with Gasteiger partial charge in [0, 0.05) is 18.8 Å². The van der Waals surface area contributed by atoms with Crippen LogP contribution in [0.1, 0.15) is 17.5 Å². The SMILES string of the molecule is Cc1ccccc1CNc1ccnc(NC2CCS(=O)(=O)C2)n1. The van der Waals surface area contributed by atoms with Crippen molar-refractivity contribution in [2.24, 2.45) is 0 Å². The number of aryl methyl sites for hydroxylation is 1. The van der Waals surface area contributed by atoms with Crippen LogP contribution in [0.3, 0.4) is 0 Å². The number of rotatable bonds is 5. The number of benzene rings is 1. The third kappa shape index (κ3) is 4.19. The van der Waals surface area contributed by atoms with Crippen LogP contribution in [0, 0.1) is 6.92 Å². The first-order valence-corrected chi connectivity index (χ1v) is 9.42. The lowest BCUT2D eigenvalue weighted by molar-refractivity contribution is 0.602. The van der Waals surface area contributed by atoms with E-state index in [-0.39, 0.29) is 17.5 Å². The van der Waals surface area contributed by atoms with Crippen LogP contribution in [0.2, 0.25) is 0 Å². The lowest BCUT2D eigenvalue weighted by atomic mass is 10.1. The van der Waals surface area contributed by atoms with Crippen molar-refractivity contribution >= 4 is 21.6 Å². The second kappa shape index (κ2) is 6.54. The molecular weight excluding hydrogens is 312 g/mol. The Morgan fingerprint density at radius 1 is 1.26 bits per heavy atom. The van der Waals surface area contributed by atoms with Gasteiger partial charge in [0.2, 0.25) is 5.95 Å². The van der Waals surface area contributed by atoms with Gasteiger partial charge in [0.05, 0.1) is 11.5 Å². The molecule has 1 saturated heterocycles. The van der Waals surface area contributed by atoms with E-state index >= 15 is 0 Å². The lowest BCUT2D eigenvalue weighted by Gasteiger charge is -2.12. The van der Waals surface area contributed by atoms with Crippen molar-refractivity contribution < 1.29 is 8.42 Å². The highest BCUT2D eigenvalue weighted by atomic mass is 32.2. The quantitative estimate of drug-likeness (QED) is 0.871. The minimum Gasteiger partial charge on any atom is -0.366 e. The molecule has 2 N–H and O–H groups in total. The van der Waals surface area contributed by atoms with Gasteiger partial charge in [-0.1, -0.05) is 24.3 Å². The van der Waals surface area contributed by atoms with Crippen LogP contribution in [-0.2, 0) is 16.4 Å². The molecule has 0 radical (unpaired) electrons. The van der Waals surface area contributed by atoms with Crippen molar-refractivity contribution in [1.29, 1.82) is 0 Å². The average molecular weight is 332 g/mol. The molecular formula is C16H20N4O2S. The summed E-state index contributed by atoms with van der Waals surface area (Å²) in [6, 6.07) is 9.87. The molecule has 1 fully saturated rings. The Balaban J connectivity index is 1.62. The summed E-state index contributed by atoms with van der Waals surface area (Å²) in [6.07, 6.45) is 2.27. The van der Waals surface area contributed by atoms with Crippen molar-refractivity contribution in [1.82, 2.24) is 9.97 Å². The fourth-order valence-corrected chi connectivity index (χ4v) is 4.29. The number of hydrogen-bond acceptors (Lipinski definition) is 6. The molecule has 7 heteroatoms. The van der Waals surface area contributed by atoms with E-state index in [0.29, 0.717) is 24.7 Å². The third-order valence-electron chi connectivity index (χ3n) is 3.94. The van der Waals surface area contributed by atoms with Crippen molar-refractivity contribution in [2.75, 3.05) is 22.1 Å². The molecule has 0 aliphatic carbocycles. The molecule has 2 heterocycles. The zero-order valence-corrected chi connectivity index (χ0v) is 13.8. The summed E-state index contributed by atoms with van der Waals surface area (Å²) in [5, 5.41) is 6.38. The Kier molecular flexibility index (Phi) is 4.47. The molecule has 1 aliphatic rings. The van der Waals surface area contributed by atoms with Gasteiger partial charge in [-0.25, -0.2) is 13.4 Å². The van der Waals surface area contributed by atoms with Crippen LogP contribution in [0.4, 0.5) is 11.8 Å². The Labute approximate surface area is 136 Å². The molecule has 1 aliphatic heterocycles. The zero-order chi connectivity index (χ0) is 16.3. The summed E-state index contributed by atoms with van der Waals surface area (Å²) in [7, 11) is -2.91. The van der Waals surface area contributed by atoms with Crippen molar-refractivity contribution in [3.63, 3.8) is 0 Å². The van der Waals surface area contributed by atoms with Gasteiger partial charge in [-0.15, -0.1) is 0 Å². The number of aromatic nitrogens is 2. The van der Waals surface area contributed by atoms with E-state index in [0.717, 1.165) is 0 Å². The topological polar surface area (TPSA) is 84.0 Å². The molecule has 122 valence electrons. The maximum absolute atomic E-state index is 11.5. The van der Waals surface area contributed by atoms with E-state index < -0.39 is 9.84 Å². The predicted molar refractivity (Wildman–Crippen MR) is 91.2 cm³/mol. The minimum atomic E-state index is -2.91. The number of sulfone groups is 1. The van der Waals surface area contributed by atoms with Crippen LogP contribution in [-0.4, -0.2) is 35.9 Å². The number of hydrogen-bond donors (Lipinski definition) is 2. The molecule has 1 aromatic carbocycles. The van der Waals surface area contributed by atoms with E-state index in [4.69, 9.17) is 0 Å². The van der Waals surface area contributed by atoms with Crippen molar-refractivity contribution in [3.05, 3.63) is 47.7 Å². The van der Waals surface area contributed by atoms with Crippen molar-refractivity contribution in [2.45, 2.75) is 25.9 Å². The fraction of sp³-hybridized carbons (Fsp3) is 0.375. The van der Waals surface area contributed by atoms with Crippen LogP contribution < -0.4 is 10.6 Å². The van der Waals surface area contributed by atoms with Gasteiger partial charge in [0.25, 0.3) is 0 Å². The lowest BCUT2D eigenvalue weighted by Crippen LogP contribution is -2.22. The number of nitrogens with zero attached hydrogens (tertiary/aromatic N) is 2. The maximum atomic E-state index is 11.5. The highest BCUT2D eigenvalue weighted by Crippen LogP contribution is 2.16. The first-order valence-electron chi connectivity index (χ1n) is 7.60. The first kappa shape index (κ1) is 15.7. The van der Waals surface area contributed by atoms with Crippen LogP contribution >= 0.6 is 0 Å². The largest absolute Gasteiger partial charge is 0.366 e. The fourth-order valence-electron chi connectivity index (χ4n) is 2.61. The Morgan fingerprint density at radius 3 is 2.83 bits per heavy atom. The molecule has 0 saturated carbocycles. The van der Waals surface area contributed by atoms with Crippen LogP contribution in [0.15, 0.2) is 36.5 Å². The van der Waals surface area contributed by atoms with Crippen LogP contribution in [0.5, 0.6) is 0 Å². The summed E-state index contributed by atoms with van der Waals surface area (Å²) < 4.78 is 23.0. The monoisotopic (exact) mass is 332 g/mol. The Bertz CT molecular complexity index is 792. The van der Waals surface area contributed by atoms with Crippen molar-refractivity contribution in [3.8, 4) is 0 Å². The summed E-state index contributed by atoms with van der Waals surface area (Å²) in [4.78, 5) is 8.57. The summed E-state index contributed by atoms with van der Waals surface area (Å²) >= 11 is 0. The van der Waals surface area contributed by atoms with Gasteiger partial charge in [-0.3, -0.25) is 0 Å². The number of nitrogens with one attached hydrogen (secondary N) is 2. The normalized spacial score (nSPS) is 19.4. The van der Waals surface area contributed by atoms with E-state index in [2.05, 4.69) is 39.7 Å². The molecule has 0 bridgehead atoms. The van der Waals surface area contributed by atoms with Gasteiger partial charge in [-0.2, -0.15) is 4.98 Å². The first-order chi connectivity index (χ1) is 11.0. The second-order valence-corrected chi connectivity index (χ2v) is 8.02. The Hall–Kier alpha value is -2.15. The zero-order valence-electron chi connectivity index (χ0n) is 13.0. The standard InChI is InChI=1S/C16H20N4O2S/c1-12-4-2-3-5-13(12)10-18-15-6-8-17-16(20-15)19-14-7-9-23(21,22)11-14/h2-6,8,14H,7,9-11H2,1H3,(H2,17,18,19,20). The molecule has 1 atom stereocenters. The smallest absolute Gasteiger partial charge is 0.224 e. The summed E-state index contributed by atoms with van der Waals surface area (Å²) in [6.45, 7) is 2.76. The number of anilines is 2. The van der Waals surface area contributed by atoms with E-state index in [9.17, 15) is 8.42 Å². The van der Waals surface area contributed by atoms with Gasteiger partial charge in [0.15, 0.2) is 9.84 Å². The molecule has 23 heavy (non-hydrogen) atoms. The van der Waals surface area contributed by atoms with E-state index in [1.807, 2.05) is 12.1 Å². The molecule has 2 aromatic rings.